The Morgan fingerprint density at radius 1 is 1.03 bits per heavy atom. The number of aromatic nitrogens is 1. The van der Waals surface area contributed by atoms with Gasteiger partial charge in [0, 0.05) is 17.7 Å². The minimum atomic E-state index is -0.351. The summed E-state index contributed by atoms with van der Waals surface area (Å²) in [5.41, 5.74) is 11.9. The quantitative estimate of drug-likeness (QED) is 0.406. The van der Waals surface area contributed by atoms with Crippen LogP contribution in [0.15, 0.2) is 60.7 Å². The van der Waals surface area contributed by atoms with Gasteiger partial charge in [-0.25, -0.2) is 4.98 Å². The molecule has 5 nitrogen and oxygen atoms in total. The van der Waals surface area contributed by atoms with E-state index in [0.717, 1.165) is 42.5 Å². The minimum Gasteiger partial charge on any atom is -0.481 e. The van der Waals surface area contributed by atoms with Crippen molar-refractivity contribution < 1.29 is 9.53 Å². The molecule has 5 heteroatoms. The number of hydrogen-bond acceptors (Lipinski definition) is 4. The molecule has 1 heterocycles. The van der Waals surface area contributed by atoms with Gasteiger partial charge in [-0.2, -0.15) is 0 Å². The van der Waals surface area contributed by atoms with Crippen LogP contribution in [0.5, 0.6) is 5.88 Å². The lowest BCUT2D eigenvalue weighted by atomic mass is 9.94. The number of carbonyl (C=O) groups excluding carboxylic acids is 1. The van der Waals surface area contributed by atoms with Gasteiger partial charge >= 0.3 is 0 Å². The van der Waals surface area contributed by atoms with Crippen molar-refractivity contribution in [2.75, 3.05) is 7.11 Å². The van der Waals surface area contributed by atoms with E-state index in [0.29, 0.717) is 12.4 Å². The smallest absolute Gasteiger partial charge is 0.234 e. The fourth-order valence-electron chi connectivity index (χ4n) is 3.95. The van der Waals surface area contributed by atoms with E-state index in [2.05, 4.69) is 49.5 Å². The molecule has 0 aliphatic carbocycles. The molecule has 3 aromatic rings. The molecule has 0 aliphatic heterocycles. The summed E-state index contributed by atoms with van der Waals surface area (Å²) in [7, 11) is 1.62. The van der Waals surface area contributed by atoms with Crippen LogP contribution < -0.4 is 15.8 Å². The number of carbonyl (C=O) groups is 1. The summed E-state index contributed by atoms with van der Waals surface area (Å²) in [6.45, 7) is 4.73. The highest BCUT2D eigenvalue weighted by atomic mass is 16.5. The summed E-state index contributed by atoms with van der Waals surface area (Å²) in [5, 5.41) is 3.28. The zero-order valence-corrected chi connectivity index (χ0v) is 19.2. The molecule has 0 saturated carbocycles. The molecule has 1 atom stereocenters. The summed E-state index contributed by atoms with van der Waals surface area (Å²) in [6.07, 6.45) is 3.91. The first-order valence-electron chi connectivity index (χ1n) is 11.3. The SMILES string of the molecule is CCCCCC(NCc1ccc(-c2cccc(-c3ccccc3)c2C)nc1OC)C(N)=O. The molecule has 0 saturated heterocycles. The van der Waals surface area contributed by atoms with Crippen LogP contribution in [0.2, 0.25) is 0 Å². The summed E-state index contributed by atoms with van der Waals surface area (Å²) in [4.78, 5) is 16.6. The molecule has 1 aromatic heterocycles. The standard InChI is InChI=1S/C27H33N3O2/c1-4-5-7-15-25(26(28)31)29-18-21-16-17-24(30-27(21)32-3)23-14-10-13-22(19(23)2)20-11-8-6-9-12-20/h6,8-14,16-17,25,29H,4-5,7,15,18H2,1-3H3,(H2,28,31). The predicted octanol–water partition coefficient (Wildman–Crippen LogP) is 5.26. The van der Waals surface area contributed by atoms with Crippen LogP contribution in [-0.4, -0.2) is 24.0 Å². The maximum atomic E-state index is 11.8. The van der Waals surface area contributed by atoms with E-state index >= 15 is 0 Å². The average Bonchev–Trinajstić information content (AvgIpc) is 2.82. The molecule has 0 radical (unpaired) electrons. The molecule has 3 rings (SSSR count). The number of ether oxygens (including phenoxy) is 1. The number of amides is 1. The van der Waals surface area contributed by atoms with Crippen LogP contribution in [0, 0.1) is 6.92 Å². The van der Waals surface area contributed by atoms with Gasteiger partial charge in [0.2, 0.25) is 11.8 Å². The molecular weight excluding hydrogens is 398 g/mol. The Hall–Kier alpha value is -3.18. The zero-order valence-electron chi connectivity index (χ0n) is 19.2. The van der Waals surface area contributed by atoms with E-state index in [-0.39, 0.29) is 11.9 Å². The van der Waals surface area contributed by atoms with Gasteiger partial charge in [0.05, 0.1) is 18.8 Å². The van der Waals surface area contributed by atoms with Gasteiger partial charge in [0.25, 0.3) is 0 Å². The Bertz CT molecular complexity index is 1030. The third kappa shape index (κ3) is 5.74. The first kappa shape index (κ1) is 23.5. The monoisotopic (exact) mass is 431 g/mol. The van der Waals surface area contributed by atoms with Gasteiger partial charge in [-0.3, -0.25) is 4.79 Å². The second kappa shape index (κ2) is 11.4. The number of nitrogens with two attached hydrogens (primary N) is 1. The number of methoxy groups -OCH3 is 1. The molecule has 1 unspecified atom stereocenters. The van der Waals surface area contributed by atoms with Crippen molar-refractivity contribution in [3.05, 3.63) is 71.8 Å². The number of pyridine rings is 1. The second-order valence-electron chi connectivity index (χ2n) is 8.04. The number of benzene rings is 2. The van der Waals surface area contributed by atoms with Crippen molar-refractivity contribution in [2.45, 2.75) is 52.1 Å². The minimum absolute atomic E-state index is 0.321. The number of nitrogens with one attached hydrogen (secondary N) is 1. The Kier molecular flexibility index (Phi) is 8.40. The van der Waals surface area contributed by atoms with Crippen molar-refractivity contribution in [2.24, 2.45) is 5.73 Å². The highest BCUT2D eigenvalue weighted by Gasteiger charge is 2.17. The first-order chi connectivity index (χ1) is 15.5. The number of hydrogen-bond donors (Lipinski definition) is 2. The van der Waals surface area contributed by atoms with E-state index < -0.39 is 0 Å². The molecule has 168 valence electrons. The Morgan fingerprint density at radius 2 is 1.78 bits per heavy atom. The molecule has 0 bridgehead atoms. The van der Waals surface area contributed by atoms with Crippen molar-refractivity contribution in [3.63, 3.8) is 0 Å². The largest absolute Gasteiger partial charge is 0.481 e. The van der Waals surface area contributed by atoms with Crippen molar-refractivity contribution in [1.82, 2.24) is 10.3 Å². The fourth-order valence-corrected chi connectivity index (χ4v) is 3.95. The lowest BCUT2D eigenvalue weighted by molar-refractivity contribution is -0.120. The normalized spacial score (nSPS) is 11.8. The summed E-state index contributed by atoms with van der Waals surface area (Å²) in [6, 6.07) is 20.3. The van der Waals surface area contributed by atoms with Crippen LogP contribution >= 0.6 is 0 Å². The number of nitrogens with zero attached hydrogens (tertiary/aromatic N) is 1. The molecule has 1 amide bonds. The molecule has 2 aromatic carbocycles. The van der Waals surface area contributed by atoms with E-state index in [1.165, 1.54) is 16.7 Å². The van der Waals surface area contributed by atoms with Crippen molar-refractivity contribution in [3.8, 4) is 28.3 Å². The summed E-state index contributed by atoms with van der Waals surface area (Å²) in [5.74, 6) is 0.231. The molecule has 32 heavy (non-hydrogen) atoms. The Morgan fingerprint density at radius 3 is 2.47 bits per heavy atom. The van der Waals surface area contributed by atoms with Crippen molar-refractivity contribution >= 4 is 5.91 Å². The van der Waals surface area contributed by atoms with Crippen LogP contribution in [-0.2, 0) is 11.3 Å². The van der Waals surface area contributed by atoms with E-state index in [4.69, 9.17) is 15.5 Å². The first-order valence-corrected chi connectivity index (χ1v) is 11.3. The predicted molar refractivity (Wildman–Crippen MR) is 130 cm³/mol. The van der Waals surface area contributed by atoms with E-state index in [9.17, 15) is 4.79 Å². The van der Waals surface area contributed by atoms with Gasteiger partial charge in [0.1, 0.15) is 0 Å². The summed E-state index contributed by atoms with van der Waals surface area (Å²) >= 11 is 0. The van der Waals surface area contributed by atoms with Crippen LogP contribution in [0.3, 0.4) is 0 Å². The lowest BCUT2D eigenvalue weighted by Gasteiger charge is -2.17. The van der Waals surface area contributed by atoms with E-state index in [1.807, 2.05) is 30.3 Å². The van der Waals surface area contributed by atoms with Crippen LogP contribution in [0.4, 0.5) is 0 Å². The molecular formula is C27H33N3O2. The van der Waals surface area contributed by atoms with E-state index in [1.54, 1.807) is 7.11 Å². The van der Waals surface area contributed by atoms with Gasteiger partial charge in [-0.1, -0.05) is 80.8 Å². The zero-order chi connectivity index (χ0) is 22.9. The number of primary amides is 1. The third-order valence-electron chi connectivity index (χ3n) is 5.81. The van der Waals surface area contributed by atoms with Crippen LogP contribution in [0.1, 0.15) is 43.7 Å². The van der Waals surface area contributed by atoms with Gasteiger partial charge in [-0.05, 0) is 36.1 Å². The summed E-state index contributed by atoms with van der Waals surface area (Å²) < 4.78 is 5.59. The topological polar surface area (TPSA) is 77.2 Å². The van der Waals surface area contributed by atoms with Gasteiger partial charge < -0.3 is 15.8 Å². The average molecular weight is 432 g/mol. The molecule has 0 aliphatic rings. The second-order valence-corrected chi connectivity index (χ2v) is 8.04. The molecule has 0 fully saturated rings. The van der Waals surface area contributed by atoms with Crippen LogP contribution in [0.25, 0.3) is 22.4 Å². The fraction of sp³-hybridized carbons (Fsp3) is 0.333. The Balaban J connectivity index is 1.82. The van der Waals surface area contributed by atoms with Gasteiger partial charge in [0.15, 0.2) is 0 Å². The van der Waals surface area contributed by atoms with Crippen molar-refractivity contribution in [1.29, 1.82) is 0 Å². The van der Waals surface area contributed by atoms with Gasteiger partial charge in [-0.15, -0.1) is 0 Å². The number of rotatable bonds is 11. The molecule has 0 spiro atoms. The molecule has 3 N–H and O–H groups in total. The highest BCUT2D eigenvalue weighted by molar-refractivity contribution is 5.80. The maximum Gasteiger partial charge on any atom is 0.234 e. The highest BCUT2D eigenvalue weighted by Crippen LogP contribution is 2.32. The maximum absolute atomic E-state index is 11.8. The lowest BCUT2D eigenvalue weighted by Crippen LogP contribution is -2.40. The Labute approximate surface area is 191 Å². The third-order valence-corrected chi connectivity index (χ3v) is 5.81. The number of unbranched alkanes of at least 4 members (excludes halogenated alkanes) is 2.